The molecule has 160 valence electrons. The molecule has 0 saturated heterocycles. The van der Waals surface area contributed by atoms with Gasteiger partial charge in [-0.2, -0.15) is 10.2 Å². The third-order valence-electron chi connectivity index (χ3n) is 4.95. The molecule has 4 aromatic rings. The van der Waals surface area contributed by atoms with Crippen molar-refractivity contribution >= 4 is 5.91 Å². The van der Waals surface area contributed by atoms with Crippen LogP contribution in [0.3, 0.4) is 0 Å². The number of nitrogens with zero attached hydrogens (tertiary/aromatic N) is 3. The van der Waals surface area contributed by atoms with Crippen molar-refractivity contribution in [1.82, 2.24) is 25.3 Å². The van der Waals surface area contributed by atoms with Crippen LogP contribution in [0.25, 0.3) is 5.69 Å². The number of unbranched alkanes of at least 4 members (excludes halogenated alkanes) is 1. The van der Waals surface area contributed by atoms with Crippen LogP contribution in [0.4, 0.5) is 4.39 Å². The van der Waals surface area contributed by atoms with E-state index in [1.807, 2.05) is 12.4 Å². The molecule has 0 aliphatic carbocycles. The normalized spacial score (nSPS) is 10.4. The van der Waals surface area contributed by atoms with Crippen molar-refractivity contribution in [3.8, 4) is 17.5 Å². The van der Waals surface area contributed by atoms with E-state index in [4.69, 9.17) is 0 Å². The first-order valence-electron chi connectivity index (χ1n) is 10.4. The quantitative estimate of drug-likeness (QED) is 0.347. The molecule has 0 fully saturated rings. The van der Waals surface area contributed by atoms with Crippen LogP contribution in [0, 0.1) is 17.7 Å². The van der Waals surface area contributed by atoms with Gasteiger partial charge in [0.05, 0.1) is 23.0 Å². The Morgan fingerprint density at radius 3 is 2.75 bits per heavy atom. The highest BCUT2D eigenvalue weighted by Gasteiger charge is 2.10. The molecule has 0 saturated carbocycles. The third kappa shape index (κ3) is 5.29. The minimum Gasteiger partial charge on any atom is -0.352 e. The summed E-state index contributed by atoms with van der Waals surface area (Å²) in [6.07, 6.45) is 9.88. The highest BCUT2D eigenvalue weighted by atomic mass is 19.1. The lowest BCUT2D eigenvalue weighted by atomic mass is 10.1. The molecule has 32 heavy (non-hydrogen) atoms. The summed E-state index contributed by atoms with van der Waals surface area (Å²) in [6.45, 7) is 0.577. The number of hydrogen-bond donors (Lipinski definition) is 2. The maximum atomic E-state index is 14.0. The molecule has 0 atom stereocenters. The molecule has 2 heterocycles. The van der Waals surface area contributed by atoms with Gasteiger partial charge < -0.3 is 5.32 Å². The number of carbonyl (C=O) groups excluding carboxylic acids is 1. The van der Waals surface area contributed by atoms with Gasteiger partial charge in [0.2, 0.25) is 0 Å². The minimum atomic E-state index is -0.384. The Balaban J connectivity index is 1.48. The number of hydrogen-bond acceptors (Lipinski definition) is 3. The zero-order chi connectivity index (χ0) is 22.2. The summed E-state index contributed by atoms with van der Waals surface area (Å²) in [4.78, 5) is 12.7. The van der Waals surface area contributed by atoms with E-state index >= 15 is 0 Å². The Morgan fingerprint density at radius 2 is 1.97 bits per heavy atom. The first kappa shape index (κ1) is 21.1. The number of amides is 1. The molecule has 0 aliphatic rings. The Bertz CT molecular complexity index is 1240. The maximum Gasteiger partial charge on any atom is 0.251 e. The van der Waals surface area contributed by atoms with Crippen LogP contribution in [-0.2, 0) is 6.42 Å². The van der Waals surface area contributed by atoms with Crippen molar-refractivity contribution in [2.45, 2.75) is 19.3 Å². The average molecular weight is 427 g/mol. The van der Waals surface area contributed by atoms with Gasteiger partial charge in [0, 0.05) is 30.7 Å². The topological polar surface area (TPSA) is 75.6 Å². The van der Waals surface area contributed by atoms with Gasteiger partial charge in [-0.15, -0.1) is 0 Å². The predicted octanol–water partition coefficient (Wildman–Crippen LogP) is 3.89. The van der Waals surface area contributed by atoms with Gasteiger partial charge in [-0.25, -0.2) is 9.07 Å². The molecule has 6 nitrogen and oxygen atoms in total. The van der Waals surface area contributed by atoms with Crippen molar-refractivity contribution in [3.05, 3.63) is 101 Å². The number of aryl methyl sites for hydroxylation is 1. The van der Waals surface area contributed by atoms with Crippen LogP contribution in [0.15, 0.2) is 73.3 Å². The molecule has 2 aromatic heterocycles. The van der Waals surface area contributed by atoms with Gasteiger partial charge >= 0.3 is 0 Å². The number of nitrogens with one attached hydrogen (secondary N) is 2. The van der Waals surface area contributed by atoms with E-state index in [1.54, 1.807) is 59.5 Å². The van der Waals surface area contributed by atoms with Gasteiger partial charge in [0.1, 0.15) is 5.82 Å². The molecule has 0 radical (unpaired) electrons. The lowest BCUT2D eigenvalue weighted by molar-refractivity contribution is 0.0953. The average Bonchev–Trinajstić information content (AvgIpc) is 3.52. The van der Waals surface area contributed by atoms with E-state index in [9.17, 15) is 9.18 Å². The van der Waals surface area contributed by atoms with Crippen molar-refractivity contribution in [3.63, 3.8) is 0 Å². The van der Waals surface area contributed by atoms with Crippen LogP contribution < -0.4 is 5.32 Å². The summed E-state index contributed by atoms with van der Waals surface area (Å²) < 4.78 is 15.6. The number of H-pyrrole nitrogens is 1. The second-order valence-electron chi connectivity index (χ2n) is 7.23. The third-order valence-corrected chi connectivity index (χ3v) is 4.95. The molecule has 7 heteroatoms. The van der Waals surface area contributed by atoms with Crippen molar-refractivity contribution in [2.75, 3.05) is 6.54 Å². The van der Waals surface area contributed by atoms with Crippen LogP contribution in [0.2, 0.25) is 0 Å². The molecule has 0 aliphatic heterocycles. The largest absolute Gasteiger partial charge is 0.352 e. The van der Waals surface area contributed by atoms with E-state index in [0.717, 1.165) is 30.5 Å². The summed E-state index contributed by atoms with van der Waals surface area (Å²) in [6, 6.07) is 13.4. The summed E-state index contributed by atoms with van der Waals surface area (Å²) >= 11 is 0. The Kier molecular flexibility index (Phi) is 6.73. The first-order chi connectivity index (χ1) is 15.7. The molecule has 0 unspecified atom stereocenters. The predicted molar refractivity (Wildman–Crippen MR) is 120 cm³/mol. The molecule has 2 N–H and O–H groups in total. The van der Waals surface area contributed by atoms with E-state index in [1.165, 1.54) is 6.07 Å². The van der Waals surface area contributed by atoms with Crippen LogP contribution in [-0.4, -0.2) is 32.4 Å². The summed E-state index contributed by atoms with van der Waals surface area (Å²) in [5.74, 6) is 5.32. The first-order valence-corrected chi connectivity index (χ1v) is 10.4. The second-order valence-corrected chi connectivity index (χ2v) is 7.23. The number of aromatic nitrogens is 4. The van der Waals surface area contributed by atoms with Gasteiger partial charge in [-0.05, 0) is 61.2 Å². The Morgan fingerprint density at radius 1 is 1.09 bits per heavy atom. The van der Waals surface area contributed by atoms with Crippen LogP contribution >= 0.6 is 0 Å². The smallest absolute Gasteiger partial charge is 0.251 e. The fourth-order valence-electron chi connectivity index (χ4n) is 3.26. The second kappa shape index (κ2) is 10.2. The highest BCUT2D eigenvalue weighted by Crippen LogP contribution is 2.16. The van der Waals surface area contributed by atoms with Gasteiger partial charge in [-0.3, -0.25) is 9.89 Å². The van der Waals surface area contributed by atoms with E-state index in [0.29, 0.717) is 23.2 Å². The van der Waals surface area contributed by atoms with Crippen LogP contribution in [0.1, 0.15) is 39.9 Å². The minimum absolute atomic E-state index is 0.172. The van der Waals surface area contributed by atoms with Gasteiger partial charge in [-0.1, -0.05) is 24.0 Å². The number of aromatic amines is 1. The lowest BCUT2D eigenvalue weighted by Gasteiger charge is -2.09. The zero-order valence-electron chi connectivity index (χ0n) is 17.4. The monoisotopic (exact) mass is 427 g/mol. The van der Waals surface area contributed by atoms with Crippen molar-refractivity contribution in [1.29, 1.82) is 0 Å². The summed E-state index contributed by atoms with van der Waals surface area (Å²) in [5, 5.41) is 13.9. The zero-order valence-corrected chi connectivity index (χ0v) is 17.4. The van der Waals surface area contributed by atoms with E-state index < -0.39 is 0 Å². The molecule has 1 amide bonds. The molecular weight excluding hydrogens is 405 g/mol. The van der Waals surface area contributed by atoms with Crippen molar-refractivity contribution < 1.29 is 9.18 Å². The number of rotatable bonds is 7. The van der Waals surface area contributed by atoms with Gasteiger partial charge in [0.25, 0.3) is 5.91 Å². The highest BCUT2D eigenvalue weighted by molar-refractivity contribution is 5.95. The van der Waals surface area contributed by atoms with E-state index in [-0.39, 0.29) is 11.7 Å². The lowest BCUT2D eigenvalue weighted by Crippen LogP contribution is -2.24. The molecule has 0 bridgehead atoms. The molecule has 2 aromatic carbocycles. The number of benzene rings is 2. The molecule has 0 spiro atoms. The van der Waals surface area contributed by atoms with Crippen LogP contribution in [0.5, 0.6) is 0 Å². The number of carbonyl (C=O) groups is 1. The molecule has 4 rings (SSSR count). The fraction of sp³-hybridized carbons (Fsp3) is 0.160. The number of halogens is 1. The maximum absolute atomic E-state index is 14.0. The Labute approximate surface area is 185 Å². The summed E-state index contributed by atoms with van der Waals surface area (Å²) in [5.41, 5.74) is 3.25. The van der Waals surface area contributed by atoms with Gasteiger partial charge in [0.15, 0.2) is 0 Å². The summed E-state index contributed by atoms with van der Waals surface area (Å²) in [7, 11) is 0. The standard InChI is InChI=1S/C25H22FN5O/c26-23-8-2-1-7-20(23)9-10-21-16-22(11-12-24(21)31-15-5-14-30-31)25(32)27-13-4-3-6-19-17-28-29-18-19/h1-2,5,7-8,11-12,14-18H,3-4,6,13H2,(H,27,32)(H,28,29). The SMILES string of the molecule is O=C(NCCCCc1cn[nH]c1)c1ccc(-n2cccn2)c(C#Cc2ccccc2F)c1. The Hall–Kier alpha value is -4.18. The van der Waals surface area contributed by atoms with Crippen molar-refractivity contribution in [2.24, 2.45) is 0 Å². The van der Waals surface area contributed by atoms with E-state index in [2.05, 4.69) is 32.5 Å². The fourth-order valence-corrected chi connectivity index (χ4v) is 3.26. The molecular formula is C25H22FN5O.